The summed E-state index contributed by atoms with van der Waals surface area (Å²) in [5.41, 5.74) is 7.44. The van der Waals surface area contributed by atoms with Crippen LogP contribution < -0.4 is 10.5 Å². The topological polar surface area (TPSA) is 72.5 Å². The summed E-state index contributed by atoms with van der Waals surface area (Å²) in [5.74, 6) is -0.147. The van der Waals surface area contributed by atoms with Gasteiger partial charge in [-0.05, 0) is 31.4 Å². The first kappa shape index (κ1) is 14.5. The van der Waals surface area contributed by atoms with E-state index in [2.05, 4.69) is 0 Å². The van der Waals surface area contributed by atoms with Gasteiger partial charge < -0.3 is 15.6 Å². The number of rotatable bonds is 5. The molecule has 0 fully saturated rings. The molecule has 0 saturated heterocycles. The molecule has 0 saturated carbocycles. The van der Waals surface area contributed by atoms with E-state index in [4.69, 9.17) is 10.5 Å². The van der Waals surface area contributed by atoms with Gasteiger partial charge in [-0.2, -0.15) is 0 Å². The lowest BCUT2D eigenvalue weighted by atomic mass is 9.86. The second-order valence-electron chi connectivity index (χ2n) is 4.50. The maximum atomic E-state index is 11.7. The highest BCUT2D eigenvalue weighted by Crippen LogP contribution is 2.33. The molecule has 3 N–H and O–H groups in total. The Bertz CT molecular complexity index is 441. The molecule has 0 aromatic heterocycles. The number of benzene rings is 1. The predicted octanol–water partition coefficient (Wildman–Crippen LogP) is 1.98. The highest BCUT2D eigenvalue weighted by molar-refractivity contribution is 5.98. The van der Waals surface area contributed by atoms with Gasteiger partial charge in [0.15, 0.2) is 0 Å². The van der Waals surface area contributed by atoms with Crippen LogP contribution in [0.1, 0.15) is 47.7 Å². The van der Waals surface area contributed by atoms with Crippen molar-refractivity contribution in [3.63, 3.8) is 0 Å². The number of ether oxygens (including phenoxy) is 1. The van der Waals surface area contributed by atoms with E-state index in [1.165, 1.54) is 7.11 Å². The fourth-order valence-electron chi connectivity index (χ4n) is 2.35. The number of primary amides is 1. The van der Waals surface area contributed by atoms with Crippen LogP contribution >= 0.6 is 0 Å². The minimum Gasteiger partial charge on any atom is -0.496 e. The second kappa shape index (κ2) is 5.87. The Morgan fingerprint density at radius 2 is 2.11 bits per heavy atom. The van der Waals surface area contributed by atoms with Gasteiger partial charge in [-0.1, -0.05) is 19.1 Å². The predicted molar refractivity (Wildman–Crippen MR) is 71.0 cm³/mol. The number of aryl methyl sites for hydroxylation is 1. The summed E-state index contributed by atoms with van der Waals surface area (Å²) in [6, 6.07) is 3.73. The van der Waals surface area contributed by atoms with E-state index in [0.29, 0.717) is 11.3 Å². The van der Waals surface area contributed by atoms with Crippen LogP contribution in [0.4, 0.5) is 0 Å². The number of methoxy groups -OCH3 is 1. The number of carbonyl (C=O) groups is 1. The van der Waals surface area contributed by atoms with Gasteiger partial charge in [0, 0.05) is 5.92 Å². The molecule has 0 aliphatic heterocycles. The van der Waals surface area contributed by atoms with Gasteiger partial charge in [-0.15, -0.1) is 0 Å². The molecule has 1 rings (SSSR count). The van der Waals surface area contributed by atoms with Crippen LogP contribution in [0, 0.1) is 6.92 Å². The lowest BCUT2D eigenvalue weighted by molar-refractivity contribution is 0.0993. The Morgan fingerprint density at radius 1 is 1.50 bits per heavy atom. The molecule has 4 nitrogen and oxygen atoms in total. The molecule has 0 heterocycles. The van der Waals surface area contributed by atoms with Gasteiger partial charge in [0.1, 0.15) is 5.75 Å². The average Bonchev–Trinajstić information content (AvgIpc) is 2.30. The number of nitrogens with two attached hydrogens (primary N) is 1. The van der Waals surface area contributed by atoms with Crippen LogP contribution in [0.15, 0.2) is 12.1 Å². The van der Waals surface area contributed by atoms with Gasteiger partial charge >= 0.3 is 0 Å². The van der Waals surface area contributed by atoms with Crippen LogP contribution in [-0.2, 0) is 0 Å². The molecule has 1 aromatic carbocycles. The highest BCUT2D eigenvalue weighted by atomic mass is 16.5. The zero-order chi connectivity index (χ0) is 13.9. The van der Waals surface area contributed by atoms with Crippen molar-refractivity contribution in [1.82, 2.24) is 0 Å². The number of aliphatic hydroxyl groups excluding tert-OH is 1. The molecule has 2 atom stereocenters. The molecule has 1 aromatic rings. The van der Waals surface area contributed by atoms with E-state index >= 15 is 0 Å². The third-order valence-corrected chi connectivity index (χ3v) is 3.26. The maximum absolute atomic E-state index is 11.7. The third-order valence-electron chi connectivity index (χ3n) is 3.26. The largest absolute Gasteiger partial charge is 0.496 e. The molecule has 0 bridgehead atoms. The zero-order valence-electron chi connectivity index (χ0n) is 11.4. The monoisotopic (exact) mass is 251 g/mol. The lowest BCUT2D eigenvalue weighted by Gasteiger charge is -2.23. The number of hydrogen-bond donors (Lipinski definition) is 2. The number of amides is 1. The Morgan fingerprint density at radius 3 is 2.50 bits per heavy atom. The zero-order valence-corrected chi connectivity index (χ0v) is 11.4. The van der Waals surface area contributed by atoms with Crippen LogP contribution in [0.3, 0.4) is 0 Å². The van der Waals surface area contributed by atoms with E-state index in [1.807, 2.05) is 26.0 Å². The molecule has 0 aliphatic carbocycles. The van der Waals surface area contributed by atoms with Gasteiger partial charge in [-0.3, -0.25) is 4.79 Å². The summed E-state index contributed by atoms with van der Waals surface area (Å²) in [7, 11) is 1.52. The summed E-state index contributed by atoms with van der Waals surface area (Å²) in [6.45, 7) is 5.54. The highest BCUT2D eigenvalue weighted by Gasteiger charge is 2.24. The quantitative estimate of drug-likeness (QED) is 0.840. The first-order valence-electron chi connectivity index (χ1n) is 6.09. The Labute approximate surface area is 108 Å². The molecule has 100 valence electrons. The third kappa shape index (κ3) is 2.64. The number of carbonyl (C=O) groups excluding carboxylic acids is 1. The van der Waals surface area contributed by atoms with E-state index in [9.17, 15) is 9.90 Å². The van der Waals surface area contributed by atoms with E-state index in [0.717, 1.165) is 17.5 Å². The van der Waals surface area contributed by atoms with Crippen molar-refractivity contribution in [2.45, 2.75) is 39.2 Å². The molecular formula is C14H21NO3. The van der Waals surface area contributed by atoms with Crippen LogP contribution in [0.2, 0.25) is 0 Å². The SMILES string of the molecule is CCC(c1ccc(C)c(OC)c1C(N)=O)C(C)O. The first-order chi connectivity index (χ1) is 8.43. The normalized spacial score (nSPS) is 14.1. The van der Waals surface area contributed by atoms with Crippen LogP contribution in [-0.4, -0.2) is 24.2 Å². The molecule has 18 heavy (non-hydrogen) atoms. The smallest absolute Gasteiger partial charge is 0.252 e. The molecule has 1 amide bonds. The van der Waals surface area contributed by atoms with Crippen molar-refractivity contribution < 1.29 is 14.6 Å². The minimum absolute atomic E-state index is 0.123. The maximum Gasteiger partial charge on any atom is 0.252 e. The van der Waals surface area contributed by atoms with Crippen molar-refractivity contribution in [2.24, 2.45) is 5.73 Å². The van der Waals surface area contributed by atoms with Gasteiger partial charge in [0.05, 0.1) is 18.8 Å². The van der Waals surface area contributed by atoms with Gasteiger partial charge in [-0.25, -0.2) is 0 Å². The minimum atomic E-state index is -0.541. The van der Waals surface area contributed by atoms with Crippen molar-refractivity contribution in [3.8, 4) is 5.75 Å². The number of aliphatic hydroxyl groups is 1. The van der Waals surface area contributed by atoms with Crippen molar-refractivity contribution in [3.05, 3.63) is 28.8 Å². The molecule has 0 aliphatic rings. The van der Waals surface area contributed by atoms with Crippen LogP contribution in [0.25, 0.3) is 0 Å². The first-order valence-corrected chi connectivity index (χ1v) is 6.09. The summed E-state index contributed by atoms with van der Waals surface area (Å²) in [4.78, 5) is 11.7. The van der Waals surface area contributed by atoms with Gasteiger partial charge in [0.2, 0.25) is 0 Å². The molecular weight excluding hydrogens is 230 g/mol. The summed E-state index contributed by atoms with van der Waals surface area (Å²) < 4.78 is 5.27. The average molecular weight is 251 g/mol. The van der Waals surface area contributed by atoms with Crippen molar-refractivity contribution in [2.75, 3.05) is 7.11 Å². The fraction of sp³-hybridized carbons (Fsp3) is 0.500. The summed E-state index contributed by atoms with van der Waals surface area (Å²) in [5, 5.41) is 9.81. The lowest BCUT2D eigenvalue weighted by Crippen LogP contribution is -2.21. The van der Waals surface area contributed by atoms with E-state index in [-0.39, 0.29) is 5.92 Å². The standard InChI is InChI=1S/C14H21NO3/c1-5-10(9(3)16)11-7-6-8(2)13(18-4)12(11)14(15)17/h6-7,9-10,16H,5H2,1-4H3,(H2,15,17). The number of hydrogen-bond acceptors (Lipinski definition) is 3. The Kier molecular flexibility index (Phi) is 4.73. The fourth-order valence-corrected chi connectivity index (χ4v) is 2.35. The molecule has 0 radical (unpaired) electrons. The van der Waals surface area contributed by atoms with E-state index < -0.39 is 12.0 Å². The molecule has 4 heteroatoms. The molecule has 2 unspecified atom stereocenters. The van der Waals surface area contributed by atoms with E-state index in [1.54, 1.807) is 6.92 Å². The molecule has 0 spiro atoms. The Hall–Kier alpha value is -1.55. The second-order valence-corrected chi connectivity index (χ2v) is 4.50. The summed E-state index contributed by atoms with van der Waals surface area (Å²) in [6.07, 6.45) is 0.185. The summed E-state index contributed by atoms with van der Waals surface area (Å²) >= 11 is 0. The Balaban J connectivity index is 3.48. The van der Waals surface area contributed by atoms with Gasteiger partial charge in [0.25, 0.3) is 5.91 Å². The van der Waals surface area contributed by atoms with Crippen molar-refractivity contribution >= 4 is 5.91 Å². The van der Waals surface area contributed by atoms with Crippen molar-refractivity contribution in [1.29, 1.82) is 0 Å². The van der Waals surface area contributed by atoms with Crippen LogP contribution in [0.5, 0.6) is 5.75 Å².